The number of thiazole rings is 1. The third-order valence-electron chi connectivity index (χ3n) is 7.54. The Kier molecular flexibility index (Phi) is 7.39. The SMILES string of the molecule is CCc1cc(NC(=O)C(=O)N2C[C@@H](C)CC[C@@H]2c2ccc3sc(C4(CN(C)C)COC4)nc3c2)cnc1N. The lowest BCUT2D eigenvalue weighted by atomic mass is 9.86. The Morgan fingerprint density at radius 2 is 2.05 bits per heavy atom. The van der Waals surface area contributed by atoms with Gasteiger partial charge in [-0.25, -0.2) is 9.97 Å². The number of nitrogens with zero attached hydrogens (tertiary/aromatic N) is 4. The number of nitrogen functional groups attached to an aromatic ring is 1. The van der Waals surface area contributed by atoms with Crippen LogP contribution in [0, 0.1) is 5.92 Å². The Bertz CT molecular complexity index is 1350. The average Bonchev–Trinajstić information content (AvgIpc) is 3.30. The number of likely N-dealkylation sites (tertiary alicyclic amines) is 1. The second-order valence-electron chi connectivity index (χ2n) is 11.0. The molecule has 2 aromatic heterocycles. The average molecular weight is 537 g/mol. The summed E-state index contributed by atoms with van der Waals surface area (Å²) in [5, 5.41) is 3.83. The van der Waals surface area contributed by atoms with Crippen molar-refractivity contribution < 1.29 is 14.3 Å². The number of nitrogens with one attached hydrogen (secondary N) is 1. The summed E-state index contributed by atoms with van der Waals surface area (Å²) in [7, 11) is 4.15. The molecular formula is C28H36N6O3S. The highest BCUT2D eigenvalue weighted by molar-refractivity contribution is 7.18. The number of nitrogens with two attached hydrogens (primary N) is 1. The van der Waals surface area contributed by atoms with Crippen LogP contribution in [0.15, 0.2) is 30.5 Å². The molecular weight excluding hydrogens is 500 g/mol. The number of ether oxygens (including phenoxy) is 1. The number of pyridine rings is 1. The molecule has 1 aromatic carbocycles. The normalized spacial score (nSPS) is 20.9. The standard InChI is InChI=1S/C28H36N6O3S/c1-5-18-10-20(12-30-24(18)29)31-25(35)26(36)34-13-17(2)6-8-22(34)19-7-9-23-21(11-19)32-27(38-23)28(14-33(3)4)15-37-16-28/h7,9-12,17,22H,5-6,8,13-16H2,1-4H3,(H2,29,30)(H,31,35)/t17-,22+/m0/s1. The molecule has 202 valence electrons. The van der Waals surface area contributed by atoms with Crippen LogP contribution in [-0.4, -0.2) is 72.0 Å². The van der Waals surface area contributed by atoms with Crippen LogP contribution in [0.25, 0.3) is 10.2 Å². The molecule has 10 heteroatoms. The molecule has 3 aromatic rings. The molecule has 2 fully saturated rings. The van der Waals surface area contributed by atoms with E-state index < -0.39 is 11.8 Å². The lowest BCUT2D eigenvalue weighted by molar-refractivity contribution is -0.146. The van der Waals surface area contributed by atoms with Crippen molar-refractivity contribution in [2.75, 3.05) is 51.4 Å². The number of piperidine rings is 1. The van der Waals surface area contributed by atoms with Gasteiger partial charge in [-0.3, -0.25) is 9.59 Å². The number of carbonyl (C=O) groups excluding carboxylic acids is 2. The molecule has 0 bridgehead atoms. The molecule has 0 unspecified atom stereocenters. The summed E-state index contributed by atoms with van der Waals surface area (Å²) in [4.78, 5) is 39.6. The molecule has 4 heterocycles. The Balaban J connectivity index is 1.39. The van der Waals surface area contributed by atoms with E-state index in [-0.39, 0.29) is 11.5 Å². The van der Waals surface area contributed by atoms with Gasteiger partial charge in [0.05, 0.1) is 46.8 Å². The van der Waals surface area contributed by atoms with E-state index in [9.17, 15) is 9.59 Å². The van der Waals surface area contributed by atoms with Crippen LogP contribution in [0.1, 0.15) is 48.9 Å². The predicted molar refractivity (Wildman–Crippen MR) is 150 cm³/mol. The van der Waals surface area contributed by atoms with Gasteiger partial charge in [-0.05, 0) is 68.6 Å². The van der Waals surface area contributed by atoms with Gasteiger partial charge in [-0.2, -0.15) is 0 Å². The monoisotopic (exact) mass is 536 g/mol. The maximum Gasteiger partial charge on any atom is 0.313 e. The summed E-state index contributed by atoms with van der Waals surface area (Å²) in [6.07, 6.45) is 3.96. The minimum absolute atomic E-state index is 0.0672. The van der Waals surface area contributed by atoms with Gasteiger partial charge in [0.25, 0.3) is 0 Å². The highest BCUT2D eigenvalue weighted by atomic mass is 32.1. The van der Waals surface area contributed by atoms with Crippen molar-refractivity contribution in [2.45, 2.75) is 44.6 Å². The topological polar surface area (TPSA) is 114 Å². The molecule has 3 N–H and O–H groups in total. The number of anilines is 2. The highest BCUT2D eigenvalue weighted by Gasteiger charge is 2.43. The largest absolute Gasteiger partial charge is 0.383 e. The van der Waals surface area contributed by atoms with Gasteiger partial charge < -0.3 is 25.6 Å². The summed E-state index contributed by atoms with van der Waals surface area (Å²) in [5.74, 6) is -0.454. The van der Waals surface area contributed by atoms with Crippen LogP contribution in [0.5, 0.6) is 0 Å². The van der Waals surface area contributed by atoms with Crippen LogP contribution < -0.4 is 11.1 Å². The number of hydrogen-bond acceptors (Lipinski definition) is 8. The fraction of sp³-hybridized carbons (Fsp3) is 0.500. The van der Waals surface area contributed by atoms with E-state index in [2.05, 4.69) is 54.4 Å². The number of rotatable bonds is 6. The van der Waals surface area contributed by atoms with E-state index in [0.29, 0.717) is 43.6 Å². The number of likely N-dealkylation sites (N-methyl/N-ethyl adjacent to an activating group) is 1. The first-order chi connectivity index (χ1) is 18.2. The van der Waals surface area contributed by atoms with Crippen molar-refractivity contribution in [1.29, 1.82) is 0 Å². The summed E-state index contributed by atoms with van der Waals surface area (Å²) in [6, 6.07) is 7.86. The van der Waals surface area contributed by atoms with Crippen LogP contribution in [0.4, 0.5) is 11.5 Å². The second-order valence-corrected chi connectivity index (χ2v) is 12.0. The summed E-state index contributed by atoms with van der Waals surface area (Å²) < 4.78 is 6.71. The van der Waals surface area contributed by atoms with E-state index in [4.69, 9.17) is 15.5 Å². The first-order valence-corrected chi connectivity index (χ1v) is 14.0. The molecule has 38 heavy (non-hydrogen) atoms. The number of amides is 2. The maximum atomic E-state index is 13.4. The van der Waals surface area contributed by atoms with Crippen LogP contribution in [-0.2, 0) is 26.2 Å². The van der Waals surface area contributed by atoms with Gasteiger partial charge in [0.15, 0.2) is 0 Å². The van der Waals surface area contributed by atoms with Crippen LogP contribution in [0.2, 0.25) is 0 Å². The van der Waals surface area contributed by atoms with E-state index in [1.54, 1.807) is 22.3 Å². The lowest BCUT2D eigenvalue weighted by Gasteiger charge is -2.41. The Labute approximate surface area is 227 Å². The van der Waals surface area contributed by atoms with Crippen molar-refractivity contribution in [3.63, 3.8) is 0 Å². The van der Waals surface area contributed by atoms with Crippen molar-refractivity contribution in [1.82, 2.24) is 19.8 Å². The van der Waals surface area contributed by atoms with E-state index >= 15 is 0 Å². The number of carbonyl (C=O) groups is 2. The Hall–Kier alpha value is -3.08. The number of aryl methyl sites for hydroxylation is 1. The summed E-state index contributed by atoms with van der Waals surface area (Å²) in [5.41, 5.74) is 9.07. The van der Waals surface area contributed by atoms with Gasteiger partial charge in [-0.1, -0.05) is 19.9 Å². The van der Waals surface area contributed by atoms with E-state index in [1.807, 2.05) is 6.92 Å². The minimum atomic E-state index is -0.662. The maximum absolute atomic E-state index is 13.4. The van der Waals surface area contributed by atoms with Gasteiger partial charge >= 0.3 is 11.8 Å². The first-order valence-electron chi connectivity index (χ1n) is 13.2. The van der Waals surface area contributed by atoms with Gasteiger partial charge in [0.1, 0.15) is 10.8 Å². The summed E-state index contributed by atoms with van der Waals surface area (Å²) >= 11 is 1.72. The predicted octanol–water partition coefficient (Wildman–Crippen LogP) is 3.60. The number of fused-ring (bicyclic) bond motifs is 1. The molecule has 2 aliphatic rings. The van der Waals surface area contributed by atoms with Crippen molar-refractivity contribution in [3.05, 3.63) is 46.6 Å². The smallest absolute Gasteiger partial charge is 0.313 e. The van der Waals surface area contributed by atoms with E-state index in [0.717, 1.165) is 45.7 Å². The number of aromatic nitrogens is 2. The molecule has 2 atom stereocenters. The molecule has 5 rings (SSSR count). The molecule has 0 spiro atoms. The fourth-order valence-electron chi connectivity index (χ4n) is 5.53. The molecule has 0 aliphatic carbocycles. The Morgan fingerprint density at radius 1 is 1.26 bits per heavy atom. The van der Waals surface area contributed by atoms with Gasteiger partial charge in [-0.15, -0.1) is 11.3 Å². The molecule has 0 radical (unpaired) electrons. The highest BCUT2D eigenvalue weighted by Crippen LogP contribution is 2.40. The van der Waals surface area contributed by atoms with Crippen LogP contribution in [0.3, 0.4) is 0 Å². The molecule has 2 amide bonds. The van der Waals surface area contributed by atoms with Crippen molar-refractivity contribution >= 4 is 44.9 Å². The first kappa shape index (κ1) is 26.5. The molecule has 2 aliphatic heterocycles. The quantitative estimate of drug-likeness (QED) is 0.463. The number of benzene rings is 1. The van der Waals surface area contributed by atoms with Gasteiger partial charge in [0.2, 0.25) is 0 Å². The molecule has 0 saturated carbocycles. The Morgan fingerprint density at radius 3 is 2.74 bits per heavy atom. The van der Waals surface area contributed by atoms with Crippen LogP contribution >= 0.6 is 11.3 Å². The van der Waals surface area contributed by atoms with Gasteiger partial charge in [0, 0.05) is 13.1 Å². The lowest BCUT2D eigenvalue weighted by Crippen LogP contribution is -2.53. The minimum Gasteiger partial charge on any atom is -0.383 e. The molecule has 2 saturated heterocycles. The fourth-order valence-corrected chi connectivity index (χ4v) is 6.62. The summed E-state index contributed by atoms with van der Waals surface area (Å²) in [6.45, 7) is 6.86. The zero-order valence-electron chi connectivity index (χ0n) is 22.5. The zero-order chi connectivity index (χ0) is 27.0. The van der Waals surface area contributed by atoms with Crippen molar-refractivity contribution in [3.8, 4) is 0 Å². The second kappa shape index (κ2) is 10.6. The third-order valence-corrected chi connectivity index (χ3v) is 8.82. The van der Waals surface area contributed by atoms with E-state index in [1.165, 1.54) is 6.20 Å². The zero-order valence-corrected chi connectivity index (χ0v) is 23.3. The van der Waals surface area contributed by atoms with Crippen molar-refractivity contribution in [2.24, 2.45) is 5.92 Å². The molecule has 9 nitrogen and oxygen atoms in total. The third kappa shape index (κ3) is 5.12. The number of hydrogen-bond donors (Lipinski definition) is 2.